The van der Waals surface area contributed by atoms with E-state index in [-0.39, 0.29) is 29.6 Å². The first-order valence-electron chi connectivity index (χ1n) is 12.9. The number of anilines is 1. The maximum absolute atomic E-state index is 14.5. The molecule has 5 atom stereocenters. The normalized spacial score (nSPS) is 31.4. The zero-order valence-electron chi connectivity index (χ0n) is 21.2. The van der Waals surface area contributed by atoms with Crippen molar-refractivity contribution in [3.63, 3.8) is 0 Å². The first-order chi connectivity index (χ1) is 17.3. The van der Waals surface area contributed by atoms with Gasteiger partial charge < -0.3 is 19.8 Å². The SMILES string of the molecule is Cc1cccc(C)c1N1CC=C[C@]23S[C@@H]4C=CCN(C)C(=O)[C@@H]4[C@H]2C(=O)N(CCCCCO)C3C1=O. The Morgan fingerprint density at radius 3 is 2.47 bits per heavy atom. The van der Waals surface area contributed by atoms with Crippen LogP contribution in [0.15, 0.2) is 42.5 Å². The fourth-order valence-electron chi connectivity index (χ4n) is 6.51. The number of carbonyl (C=O) groups excluding carboxylic acids is 3. The minimum Gasteiger partial charge on any atom is -0.396 e. The third-order valence-electron chi connectivity index (χ3n) is 8.13. The van der Waals surface area contributed by atoms with E-state index >= 15 is 0 Å². The van der Waals surface area contributed by atoms with Gasteiger partial charge in [0.25, 0.3) is 5.91 Å². The number of aliphatic hydroxyl groups is 1. The average molecular weight is 510 g/mol. The molecule has 7 nitrogen and oxygen atoms in total. The van der Waals surface area contributed by atoms with E-state index in [0.29, 0.717) is 32.5 Å². The number of carbonyl (C=O) groups is 3. The second-order valence-corrected chi connectivity index (χ2v) is 11.9. The summed E-state index contributed by atoms with van der Waals surface area (Å²) >= 11 is 1.62. The standard InChI is InChI=1S/C28H35N3O4S/c1-18-10-7-11-19(2)23(18)30-16-9-13-28-22(21-20(36-28)12-8-14-29(3)25(21)33)26(34)31(24(28)27(30)35)15-5-4-6-17-32/h7-13,20-22,24,32H,4-6,14-17H2,1-3H3/t20-,21+,22+,24?,28+/m1/s1. The first kappa shape index (κ1) is 25.1. The van der Waals surface area contributed by atoms with E-state index in [0.717, 1.165) is 23.2 Å². The van der Waals surface area contributed by atoms with Crippen molar-refractivity contribution in [3.05, 3.63) is 53.6 Å². The van der Waals surface area contributed by atoms with Crippen LogP contribution >= 0.6 is 11.8 Å². The molecular formula is C28H35N3O4S. The minimum absolute atomic E-state index is 0.0229. The van der Waals surface area contributed by atoms with Crippen molar-refractivity contribution in [2.75, 3.05) is 38.2 Å². The lowest BCUT2D eigenvalue weighted by Crippen LogP contribution is -2.53. The number of unbranched alkanes of at least 4 members (excludes halogenated alkanes) is 2. The molecule has 1 aromatic carbocycles. The summed E-state index contributed by atoms with van der Waals surface area (Å²) in [6.07, 6.45) is 10.3. The van der Waals surface area contributed by atoms with E-state index < -0.39 is 22.6 Å². The number of hydrogen-bond donors (Lipinski definition) is 1. The molecule has 2 saturated heterocycles. The third kappa shape index (κ3) is 3.80. The highest BCUT2D eigenvalue weighted by Crippen LogP contribution is 2.61. The molecule has 0 bridgehead atoms. The molecule has 3 amide bonds. The molecule has 8 heteroatoms. The van der Waals surface area contributed by atoms with Crippen molar-refractivity contribution >= 4 is 35.2 Å². The van der Waals surface area contributed by atoms with Crippen LogP contribution in [-0.4, -0.2) is 82.0 Å². The quantitative estimate of drug-likeness (QED) is 0.471. The lowest BCUT2D eigenvalue weighted by molar-refractivity contribution is -0.142. The van der Waals surface area contributed by atoms with Gasteiger partial charge in [0.15, 0.2) is 0 Å². The monoisotopic (exact) mass is 509 g/mol. The number of thioether (sulfide) groups is 1. The molecule has 192 valence electrons. The Kier molecular flexibility index (Phi) is 6.76. The number of aliphatic hydroxyl groups excluding tert-OH is 1. The summed E-state index contributed by atoms with van der Waals surface area (Å²) in [5, 5.41) is 9.09. The van der Waals surface area contributed by atoms with Gasteiger partial charge in [-0.2, -0.15) is 0 Å². The highest BCUT2D eigenvalue weighted by molar-refractivity contribution is 8.02. The molecule has 0 aliphatic carbocycles. The van der Waals surface area contributed by atoms with Gasteiger partial charge in [-0.15, -0.1) is 11.8 Å². The molecule has 1 unspecified atom stereocenters. The number of para-hydroxylation sites is 1. The Hall–Kier alpha value is -2.58. The number of likely N-dealkylation sites (tertiary alicyclic amines) is 1. The highest BCUT2D eigenvalue weighted by Gasteiger charge is 2.70. The van der Waals surface area contributed by atoms with Crippen LogP contribution in [0.3, 0.4) is 0 Å². The fourth-order valence-corrected chi connectivity index (χ4v) is 8.51. The Labute approximate surface area is 217 Å². The molecule has 0 radical (unpaired) electrons. The van der Waals surface area contributed by atoms with Gasteiger partial charge in [0.2, 0.25) is 11.8 Å². The second kappa shape index (κ2) is 9.71. The summed E-state index contributed by atoms with van der Waals surface area (Å²) < 4.78 is -0.788. The number of hydrogen-bond acceptors (Lipinski definition) is 5. The molecule has 1 spiro atoms. The Bertz CT molecular complexity index is 1110. The van der Waals surface area contributed by atoms with Crippen molar-refractivity contribution < 1.29 is 19.5 Å². The van der Waals surface area contributed by atoms with Crippen molar-refractivity contribution in [1.29, 1.82) is 0 Å². The summed E-state index contributed by atoms with van der Waals surface area (Å²) in [6.45, 7) is 5.54. The summed E-state index contributed by atoms with van der Waals surface area (Å²) in [6, 6.07) is 5.34. The minimum atomic E-state index is -0.788. The molecule has 4 aliphatic heterocycles. The van der Waals surface area contributed by atoms with Crippen LogP contribution in [0.4, 0.5) is 5.69 Å². The fraction of sp³-hybridized carbons (Fsp3) is 0.536. The van der Waals surface area contributed by atoms with E-state index in [4.69, 9.17) is 0 Å². The number of fused-ring (bicyclic) bond motifs is 2. The van der Waals surface area contributed by atoms with E-state index in [9.17, 15) is 19.5 Å². The maximum atomic E-state index is 14.5. The Morgan fingerprint density at radius 1 is 1.00 bits per heavy atom. The molecular weight excluding hydrogens is 474 g/mol. The number of amides is 3. The highest BCUT2D eigenvalue weighted by atomic mass is 32.2. The van der Waals surface area contributed by atoms with Crippen molar-refractivity contribution in [3.8, 4) is 0 Å². The maximum Gasteiger partial charge on any atom is 0.251 e. The second-order valence-electron chi connectivity index (χ2n) is 10.4. The third-order valence-corrected chi connectivity index (χ3v) is 9.87. The van der Waals surface area contributed by atoms with E-state index in [1.165, 1.54) is 0 Å². The van der Waals surface area contributed by atoms with Crippen molar-refractivity contribution in [1.82, 2.24) is 9.80 Å². The number of nitrogens with zero attached hydrogens (tertiary/aromatic N) is 3. The molecule has 4 heterocycles. The van der Waals surface area contributed by atoms with Gasteiger partial charge in [0.1, 0.15) is 6.04 Å². The zero-order valence-corrected chi connectivity index (χ0v) is 22.0. The number of benzene rings is 1. The summed E-state index contributed by atoms with van der Waals surface area (Å²) in [4.78, 5) is 47.4. The summed E-state index contributed by atoms with van der Waals surface area (Å²) in [7, 11) is 1.78. The van der Waals surface area contributed by atoms with Gasteiger partial charge in [-0.05, 0) is 44.2 Å². The van der Waals surface area contributed by atoms with Crippen molar-refractivity contribution in [2.24, 2.45) is 11.8 Å². The predicted molar refractivity (Wildman–Crippen MR) is 142 cm³/mol. The van der Waals surface area contributed by atoms with Gasteiger partial charge in [0, 0.05) is 44.2 Å². The van der Waals surface area contributed by atoms with E-state index in [2.05, 4.69) is 12.2 Å². The number of aryl methyl sites for hydroxylation is 2. The molecule has 1 N–H and O–H groups in total. The largest absolute Gasteiger partial charge is 0.396 e. The number of rotatable bonds is 6. The van der Waals surface area contributed by atoms with Crippen molar-refractivity contribution in [2.45, 2.75) is 49.1 Å². The van der Waals surface area contributed by atoms with Crippen LogP contribution in [0.25, 0.3) is 0 Å². The molecule has 2 fully saturated rings. The molecule has 0 aromatic heterocycles. The van der Waals surface area contributed by atoms with Crippen LogP contribution in [-0.2, 0) is 14.4 Å². The van der Waals surface area contributed by atoms with Gasteiger partial charge in [-0.25, -0.2) is 0 Å². The topological polar surface area (TPSA) is 81.2 Å². The smallest absolute Gasteiger partial charge is 0.251 e. The van der Waals surface area contributed by atoms with Gasteiger partial charge in [0.05, 0.1) is 16.6 Å². The van der Waals surface area contributed by atoms with E-state index in [1.54, 1.807) is 28.6 Å². The predicted octanol–water partition coefficient (Wildman–Crippen LogP) is 2.69. The van der Waals surface area contributed by atoms with E-state index in [1.807, 2.05) is 49.1 Å². The summed E-state index contributed by atoms with van der Waals surface area (Å²) in [5.41, 5.74) is 2.94. The lowest BCUT2D eigenvalue weighted by Gasteiger charge is -2.36. The lowest BCUT2D eigenvalue weighted by atomic mass is 9.78. The van der Waals surface area contributed by atoms with Gasteiger partial charge >= 0.3 is 0 Å². The summed E-state index contributed by atoms with van der Waals surface area (Å²) in [5.74, 6) is -1.26. The molecule has 36 heavy (non-hydrogen) atoms. The molecule has 0 saturated carbocycles. The molecule has 4 aliphatic rings. The Balaban J connectivity index is 1.60. The zero-order chi connectivity index (χ0) is 25.6. The van der Waals surface area contributed by atoms with Crippen LogP contribution < -0.4 is 4.90 Å². The van der Waals surface area contributed by atoms with Crippen LogP contribution in [0, 0.1) is 25.7 Å². The van der Waals surface area contributed by atoms with Crippen LogP contribution in [0.1, 0.15) is 30.4 Å². The molecule has 1 aromatic rings. The first-order valence-corrected chi connectivity index (χ1v) is 13.8. The van der Waals surface area contributed by atoms with Crippen LogP contribution in [0.5, 0.6) is 0 Å². The van der Waals surface area contributed by atoms with Gasteiger partial charge in [-0.3, -0.25) is 14.4 Å². The number of likely N-dealkylation sites (N-methyl/N-ethyl adjacent to an activating group) is 1. The average Bonchev–Trinajstić information content (AvgIpc) is 3.17. The van der Waals surface area contributed by atoms with Gasteiger partial charge in [-0.1, -0.05) is 42.5 Å². The Morgan fingerprint density at radius 2 is 1.75 bits per heavy atom. The van der Waals surface area contributed by atoms with Crippen LogP contribution in [0.2, 0.25) is 0 Å². The molecule has 5 rings (SSSR count).